The van der Waals surface area contributed by atoms with Gasteiger partial charge in [-0.2, -0.15) is 10.4 Å². The second kappa shape index (κ2) is 9.43. The van der Waals surface area contributed by atoms with E-state index in [4.69, 9.17) is 11.0 Å². The molecule has 5 rings (SSSR count). The predicted molar refractivity (Wildman–Crippen MR) is 134 cm³/mol. The molecule has 1 amide bonds. The fourth-order valence-corrected chi connectivity index (χ4v) is 3.88. The molecular weight excluding hydrogens is 473 g/mol. The van der Waals surface area contributed by atoms with E-state index in [0.717, 1.165) is 6.20 Å². The lowest BCUT2D eigenvalue weighted by Crippen LogP contribution is -2.29. The van der Waals surface area contributed by atoms with Gasteiger partial charge in [0, 0.05) is 24.2 Å². The molecule has 0 saturated heterocycles. The Balaban J connectivity index is 1.59. The van der Waals surface area contributed by atoms with Crippen molar-refractivity contribution in [3.8, 4) is 28.7 Å². The van der Waals surface area contributed by atoms with Gasteiger partial charge in [0.05, 0.1) is 29.1 Å². The van der Waals surface area contributed by atoms with Gasteiger partial charge in [0.15, 0.2) is 11.5 Å². The number of anilines is 1. The molecule has 0 radical (unpaired) electrons. The number of halogens is 1. The first-order valence-corrected chi connectivity index (χ1v) is 11.2. The van der Waals surface area contributed by atoms with E-state index in [-0.39, 0.29) is 17.2 Å². The summed E-state index contributed by atoms with van der Waals surface area (Å²) in [6.45, 7) is 1.74. The van der Waals surface area contributed by atoms with Crippen molar-refractivity contribution in [3.05, 3.63) is 83.8 Å². The monoisotopic (exact) mass is 493 g/mol. The van der Waals surface area contributed by atoms with Crippen LogP contribution in [0.25, 0.3) is 33.5 Å². The summed E-state index contributed by atoms with van der Waals surface area (Å²) < 4.78 is 15.5. The summed E-state index contributed by atoms with van der Waals surface area (Å²) in [6.07, 6.45) is 2.90. The Kier molecular flexibility index (Phi) is 5.99. The number of carbonyl (C=O) groups is 1. The molecule has 11 heteroatoms. The molecule has 0 unspecified atom stereocenters. The Hall–Kier alpha value is -5.24. The number of aryl methyl sites for hydroxylation is 1. The number of aromatic nitrogens is 6. The number of rotatable bonds is 5. The fraction of sp³-hybridized carbons (Fsp3) is 0.115. The van der Waals surface area contributed by atoms with Gasteiger partial charge in [0.25, 0.3) is 5.91 Å². The molecule has 0 spiro atoms. The Morgan fingerprint density at radius 1 is 1.14 bits per heavy atom. The minimum absolute atomic E-state index is 0.0821. The number of benzene rings is 1. The van der Waals surface area contributed by atoms with E-state index < -0.39 is 17.8 Å². The van der Waals surface area contributed by atoms with Gasteiger partial charge in [-0.1, -0.05) is 12.1 Å². The van der Waals surface area contributed by atoms with E-state index in [0.29, 0.717) is 39.2 Å². The smallest absolute Gasteiger partial charge is 0.274 e. The SMILES string of the molecule is C[C@@H](NC(=O)c1nc(-c2ccc3ncc(F)cc3c2)c(-c2ccn(C)n2)nc1N)c1cccc(C#N)n1. The topological polar surface area (TPSA) is 148 Å². The molecule has 0 saturated carbocycles. The van der Waals surface area contributed by atoms with Crippen LogP contribution < -0.4 is 11.1 Å². The van der Waals surface area contributed by atoms with Crippen LogP contribution in [0.2, 0.25) is 0 Å². The average molecular weight is 494 g/mol. The molecule has 4 heterocycles. The number of fused-ring (bicyclic) bond motifs is 1. The van der Waals surface area contributed by atoms with Crippen LogP contribution in [-0.2, 0) is 7.05 Å². The molecule has 37 heavy (non-hydrogen) atoms. The Labute approximate surface area is 210 Å². The summed E-state index contributed by atoms with van der Waals surface area (Å²) in [7, 11) is 1.77. The minimum Gasteiger partial charge on any atom is -0.382 e. The first kappa shape index (κ1) is 23.5. The number of nitrogens with one attached hydrogen (secondary N) is 1. The van der Waals surface area contributed by atoms with Crippen LogP contribution >= 0.6 is 0 Å². The van der Waals surface area contributed by atoms with Gasteiger partial charge in [0.1, 0.15) is 29.0 Å². The highest BCUT2D eigenvalue weighted by atomic mass is 19.1. The van der Waals surface area contributed by atoms with Crippen LogP contribution in [0, 0.1) is 17.1 Å². The molecule has 0 fully saturated rings. The summed E-state index contributed by atoms with van der Waals surface area (Å²) in [6, 6.07) is 14.8. The van der Waals surface area contributed by atoms with E-state index in [1.54, 1.807) is 67.3 Å². The van der Waals surface area contributed by atoms with Crippen molar-refractivity contribution in [2.24, 2.45) is 7.05 Å². The lowest BCUT2D eigenvalue weighted by atomic mass is 10.0. The highest BCUT2D eigenvalue weighted by molar-refractivity contribution is 5.98. The first-order valence-electron chi connectivity index (χ1n) is 11.2. The van der Waals surface area contributed by atoms with Gasteiger partial charge in [-0.15, -0.1) is 0 Å². The van der Waals surface area contributed by atoms with Crippen molar-refractivity contribution in [2.45, 2.75) is 13.0 Å². The van der Waals surface area contributed by atoms with Crippen molar-refractivity contribution in [3.63, 3.8) is 0 Å². The molecule has 4 aromatic heterocycles. The summed E-state index contributed by atoms with van der Waals surface area (Å²) in [5.74, 6) is -1.12. The molecule has 0 bridgehead atoms. The van der Waals surface area contributed by atoms with Crippen molar-refractivity contribution >= 4 is 22.6 Å². The standard InChI is InChI=1S/C26H20FN9O/c1-14(19-5-3-4-18(12-28)32-19)31-26(37)24-25(29)34-23(21-8-9-36(2)35-21)22(33-24)15-6-7-20-16(10-15)11-17(27)13-30-20/h3-11,13-14H,1-2H3,(H2,29,34)(H,31,37)/t14-/m1/s1. The largest absolute Gasteiger partial charge is 0.382 e. The van der Waals surface area contributed by atoms with Gasteiger partial charge in [-0.3, -0.25) is 14.5 Å². The number of nitrogen functional groups attached to an aromatic ring is 1. The number of nitriles is 1. The maximum atomic E-state index is 13.9. The molecule has 0 aliphatic rings. The van der Waals surface area contributed by atoms with Crippen LogP contribution in [0.4, 0.5) is 10.2 Å². The van der Waals surface area contributed by atoms with E-state index in [1.807, 2.05) is 6.07 Å². The lowest BCUT2D eigenvalue weighted by Gasteiger charge is -2.16. The summed E-state index contributed by atoms with van der Waals surface area (Å²) in [4.78, 5) is 30.6. The van der Waals surface area contributed by atoms with Crippen molar-refractivity contribution in [2.75, 3.05) is 5.73 Å². The van der Waals surface area contributed by atoms with E-state index in [1.165, 1.54) is 6.07 Å². The van der Waals surface area contributed by atoms with E-state index in [9.17, 15) is 9.18 Å². The second-order valence-corrected chi connectivity index (χ2v) is 8.34. The molecule has 1 atom stereocenters. The zero-order valence-electron chi connectivity index (χ0n) is 19.8. The van der Waals surface area contributed by atoms with E-state index in [2.05, 4.69) is 30.4 Å². The predicted octanol–water partition coefficient (Wildman–Crippen LogP) is 3.57. The lowest BCUT2D eigenvalue weighted by molar-refractivity contribution is 0.0935. The summed E-state index contributed by atoms with van der Waals surface area (Å²) in [5.41, 5.74) is 9.27. The maximum Gasteiger partial charge on any atom is 0.274 e. The average Bonchev–Trinajstić information content (AvgIpc) is 3.34. The van der Waals surface area contributed by atoms with Crippen LogP contribution in [0.15, 0.2) is 60.9 Å². The van der Waals surface area contributed by atoms with Crippen LogP contribution in [0.1, 0.15) is 34.8 Å². The molecular formula is C26H20FN9O. The molecule has 3 N–H and O–H groups in total. The molecule has 0 aliphatic heterocycles. The van der Waals surface area contributed by atoms with E-state index >= 15 is 0 Å². The van der Waals surface area contributed by atoms with Gasteiger partial charge in [0.2, 0.25) is 0 Å². The van der Waals surface area contributed by atoms with Crippen LogP contribution in [-0.4, -0.2) is 35.6 Å². The second-order valence-electron chi connectivity index (χ2n) is 8.34. The normalized spacial score (nSPS) is 11.7. The Morgan fingerprint density at radius 3 is 2.73 bits per heavy atom. The zero-order chi connectivity index (χ0) is 26.1. The van der Waals surface area contributed by atoms with Gasteiger partial charge >= 0.3 is 0 Å². The minimum atomic E-state index is -0.566. The number of carbonyl (C=O) groups excluding carboxylic acids is 1. The number of amides is 1. The number of hydrogen-bond acceptors (Lipinski definition) is 8. The molecule has 182 valence electrons. The zero-order valence-corrected chi connectivity index (χ0v) is 19.8. The molecule has 1 aromatic carbocycles. The molecule has 10 nitrogen and oxygen atoms in total. The highest BCUT2D eigenvalue weighted by Crippen LogP contribution is 2.32. The Morgan fingerprint density at radius 2 is 1.97 bits per heavy atom. The number of pyridine rings is 2. The third-order valence-electron chi connectivity index (χ3n) is 5.69. The third-order valence-corrected chi connectivity index (χ3v) is 5.69. The molecule has 5 aromatic rings. The van der Waals surface area contributed by atoms with Gasteiger partial charge in [-0.25, -0.2) is 19.3 Å². The molecule has 0 aliphatic carbocycles. The highest BCUT2D eigenvalue weighted by Gasteiger charge is 2.23. The van der Waals surface area contributed by atoms with Crippen LogP contribution in [0.5, 0.6) is 0 Å². The van der Waals surface area contributed by atoms with Crippen molar-refractivity contribution in [1.29, 1.82) is 5.26 Å². The quantitative estimate of drug-likeness (QED) is 0.377. The number of hydrogen-bond donors (Lipinski definition) is 2. The maximum absolute atomic E-state index is 13.9. The number of nitrogens with two attached hydrogens (primary N) is 1. The van der Waals surface area contributed by atoms with Gasteiger partial charge < -0.3 is 11.1 Å². The third kappa shape index (κ3) is 4.68. The van der Waals surface area contributed by atoms with Crippen molar-refractivity contribution in [1.82, 2.24) is 35.0 Å². The van der Waals surface area contributed by atoms with Crippen molar-refractivity contribution < 1.29 is 9.18 Å². The summed E-state index contributed by atoms with van der Waals surface area (Å²) >= 11 is 0. The first-order chi connectivity index (χ1) is 17.8. The van der Waals surface area contributed by atoms with Gasteiger partial charge in [-0.05, 0) is 43.3 Å². The van der Waals surface area contributed by atoms with Crippen LogP contribution in [0.3, 0.4) is 0 Å². The number of nitrogens with zero attached hydrogens (tertiary/aromatic N) is 7. The Bertz CT molecular complexity index is 1710. The summed E-state index contributed by atoms with van der Waals surface area (Å²) in [5, 5.41) is 16.9. The fourth-order valence-electron chi connectivity index (χ4n) is 3.88.